The minimum absolute atomic E-state index is 0.0100. The number of aromatic nitrogens is 1. The first kappa shape index (κ1) is 27.4. The molecule has 2 heterocycles. The predicted molar refractivity (Wildman–Crippen MR) is 129 cm³/mol. The number of hydrogen-bond donors (Lipinski definition) is 2. The number of esters is 3. The largest absolute Gasteiger partial charge is 0.503 e. The Morgan fingerprint density at radius 1 is 1.16 bits per heavy atom. The highest BCUT2D eigenvalue weighted by Crippen LogP contribution is 2.28. The highest BCUT2D eigenvalue weighted by Gasteiger charge is 2.42. The lowest BCUT2D eigenvalue weighted by Crippen LogP contribution is -2.47. The Balaban J connectivity index is 1.87. The van der Waals surface area contributed by atoms with Crippen LogP contribution in [0.15, 0.2) is 42.6 Å². The molecule has 0 bridgehead atoms. The van der Waals surface area contributed by atoms with Crippen LogP contribution in [-0.2, 0) is 35.0 Å². The van der Waals surface area contributed by atoms with Gasteiger partial charge in [0.15, 0.2) is 29.3 Å². The molecule has 0 spiro atoms. The lowest BCUT2D eigenvalue weighted by molar-refractivity contribution is -0.176. The maximum Gasteiger partial charge on any atom is 0.332 e. The van der Waals surface area contributed by atoms with Gasteiger partial charge in [-0.3, -0.25) is 14.4 Å². The molecule has 198 valence electrons. The van der Waals surface area contributed by atoms with E-state index < -0.39 is 72.0 Å². The first-order valence-electron chi connectivity index (χ1n) is 11.8. The van der Waals surface area contributed by atoms with Crippen LogP contribution in [0, 0.1) is 11.8 Å². The summed E-state index contributed by atoms with van der Waals surface area (Å²) in [6, 6.07) is 9.01. The highest BCUT2D eigenvalue weighted by molar-refractivity contribution is 5.98. The minimum atomic E-state index is -1.41. The van der Waals surface area contributed by atoms with Crippen molar-refractivity contribution in [3.8, 4) is 11.5 Å². The Bertz CT molecular complexity index is 1140. The molecule has 1 fully saturated rings. The van der Waals surface area contributed by atoms with Crippen molar-refractivity contribution in [3.63, 3.8) is 0 Å². The van der Waals surface area contributed by atoms with Gasteiger partial charge >= 0.3 is 17.9 Å². The van der Waals surface area contributed by atoms with Crippen molar-refractivity contribution >= 4 is 23.8 Å². The second-order valence-electron chi connectivity index (χ2n) is 8.86. The van der Waals surface area contributed by atoms with Crippen LogP contribution in [0.1, 0.15) is 36.8 Å². The van der Waals surface area contributed by atoms with Crippen LogP contribution in [0.25, 0.3) is 0 Å². The van der Waals surface area contributed by atoms with Gasteiger partial charge in [-0.2, -0.15) is 0 Å². The summed E-state index contributed by atoms with van der Waals surface area (Å²) in [5.41, 5.74) is 0.398. The fourth-order valence-electron chi connectivity index (χ4n) is 3.74. The third kappa shape index (κ3) is 6.75. The summed E-state index contributed by atoms with van der Waals surface area (Å²) in [6.07, 6.45) is -0.766. The Morgan fingerprint density at radius 3 is 2.51 bits per heavy atom. The highest BCUT2D eigenvalue weighted by atomic mass is 16.6. The normalized spacial score (nSPS) is 22.1. The topological polar surface area (TPSA) is 150 Å². The number of carbonyl (C=O) groups excluding carboxylic acids is 4. The van der Waals surface area contributed by atoms with Crippen LogP contribution >= 0.6 is 0 Å². The third-order valence-corrected chi connectivity index (χ3v) is 5.79. The number of cyclic esters (lactones) is 2. The quantitative estimate of drug-likeness (QED) is 0.414. The molecule has 11 heteroatoms. The Hall–Kier alpha value is -4.15. The number of rotatable bonds is 7. The van der Waals surface area contributed by atoms with Crippen LogP contribution in [0.5, 0.6) is 11.5 Å². The van der Waals surface area contributed by atoms with Crippen molar-refractivity contribution in [1.29, 1.82) is 0 Å². The number of hydrogen-bond acceptors (Lipinski definition) is 10. The summed E-state index contributed by atoms with van der Waals surface area (Å²) >= 11 is 0. The minimum Gasteiger partial charge on any atom is -0.503 e. The average molecular weight is 515 g/mol. The van der Waals surface area contributed by atoms with Crippen molar-refractivity contribution in [1.82, 2.24) is 10.3 Å². The van der Waals surface area contributed by atoms with E-state index in [1.54, 1.807) is 13.8 Å². The fraction of sp³-hybridized carbons (Fsp3) is 0.423. The molecule has 2 N–H and O–H groups in total. The van der Waals surface area contributed by atoms with Crippen molar-refractivity contribution in [3.05, 3.63) is 53.9 Å². The Kier molecular flexibility index (Phi) is 9.05. The van der Waals surface area contributed by atoms with E-state index in [0.717, 1.165) is 5.56 Å². The number of amides is 1. The van der Waals surface area contributed by atoms with Gasteiger partial charge in [0, 0.05) is 12.3 Å². The number of aromatic hydroxyl groups is 1. The van der Waals surface area contributed by atoms with E-state index in [1.165, 1.54) is 26.3 Å². The van der Waals surface area contributed by atoms with E-state index in [1.807, 2.05) is 30.3 Å². The van der Waals surface area contributed by atoms with Crippen LogP contribution in [-0.4, -0.2) is 65.9 Å². The molecule has 0 radical (unpaired) electrons. The van der Waals surface area contributed by atoms with Crippen LogP contribution in [0.3, 0.4) is 0 Å². The van der Waals surface area contributed by atoms with Gasteiger partial charge in [0.05, 0.1) is 13.0 Å². The van der Waals surface area contributed by atoms with Crippen LogP contribution < -0.4 is 10.1 Å². The number of benzene rings is 1. The molecule has 11 nitrogen and oxygen atoms in total. The van der Waals surface area contributed by atoms with E-state index in [4.69, 9.17) is 18.9 Å². The molecular weight excluding hydrogens is 484 g/mol. The molecule has 37 heavy (non-hydrogen) atoms. The standard InChI is InChI=1S/C26H30N2O9/c1-14(2)24(31)37-22-15(3)36-26(33)18(28-23(30)20-21(29)19(34-4)10-11-27-20)13-35-25(32)17(22)12-16-8-6-5-7-9-16/h5-11,14-15,17-18,22,29H,12-13H2,1-4H3,(H,28,30)/t15?,17?,18-,22-/m0/s1. The van der Waals surface area contributed by atoms with Gasteiger partial charge in [-0.25, -0.2) is 9.78 Å². The van der Waals surface area contributed by atoms with Crippen LogP contribution in [0.4, 0.5) is 0 Å². The number of ether oxygens (including phenoxy) is 4. The smallest absolute Gasteiger partial charge is 0.332 e. The van der Waals surface area contributed by atoms with Crippen molar-refractivity contribution < 1.29 is 43.2 Å². The molecule has 0 saturated carbocycles. The number of carbonyl (C=O) groups is 4. The molecule has 1 amide bonds. The van der Waals surface area contributed by atoms with Crippen molar-refractivity contribution in [2.45, 2.75) is 45.4 Å². The van der Waals surface area contributed by atoms with Gasteiger partial charge in [-0.05, 0) is 18.9 Å². The maximum atomic E-state index is 13.2. The molecule has 4 atom stereocenters. The Morgan fingerprint density at radius 2 is 1.86 bits per heavy atom. The summed E-state index contributed by atoms with van der Waals surface area (Å²) < 4.78 is 21.5. The van der Waals surface area contributed by atoms with Gasteiger partial charge in [0.25, 0.3) is 5.91 Å². The number of nitrogens with zero attached hydrogens (tertiary/aromatic N) is 1. The summed E-state index contributed by atoms with van der Waals surface area (Å²) in [5.74, 6) is -5.10. The van der Waals surface area contributed by atoms with E-state index in [9.17, 15) is 24.3 Å². The fourth-order valence-corrected chi connectivity index (χ4v) is 3.74. The summed E-state index contributed by atoms with van der Waals surface area (Å²) in [5, 5.41) is 12.6. The second-order valence-corrected chi connectivity index (χ2v) is 8.86. The van der Waals surface area contributed by atoms with E-state index >= 15 is 0 Å². The molecule has 2 unspecified atom stereocenters. The third-order valence-electron chi connectivity index (χ3n) is 5.79. The monoisotopic (exact) mass is 514 g/mol. The zero-order chi connectivity index (χ0) is 27.1. The summed E-state index contributed by atoms with van der Waals surface area (Å²) in [6.45, 7) is 4.25. The SMILES string of the molecule is COc1ccnc(C(=O)N[C@H]2COC(=O)C(Cc3ccccc3)[C@@H](OC(=O)C(C)C)C(C)OC2=O)c1O. The maximum absolute atomic E-state index is 13.2. The van der Waals surface area contributed by atoms with Crippen LogP contribution in [0.2, 0.25) is 0 Å². The molecule has 1 saturated heterocycles. The summed E-state index contributed by atoms with van der Waals surface area (Å²) in [4.78, 5) is 55.3. The van der Waals surface area contributed by atoms with E-state index in [-0.39, 0.29) is 12.2 Å². The second kappa shape index (κ2) is 12.2. The van der Waals surface area contributed by atoms with Gasteiger partial charge < -0.3 is 29.4 Å². The summed E-state index contributed by atoms with van der Waals surface area (Å²) in [7, 11) is 1.31. The lowest BCUT2D eigenvalue weighted by atomic mass is 9.91. The van der Waals surface area contributed by atoms with E-state index in [0.29, 0.717) is 0 Å². The van der Waals surface area contributed by atoms with Crippen molar-refractivity contribution in [2.24, 2.45) is 11.8 Å². The number of pyridine rings is 1. The predicted octanol–water partition coefficient (Wildman–Crippen LogP) is 1.81. The first-order valence-corrected chi connectivity index (χ1v) is 11.8. The molecular formula is C26H30N2O9. The van der Waals surface area contributed by atoms with Gasteiger partial charge in [0.1, 0.15) is 18.6 Å². The zero-order valence-corrected chi connectivity index (χ0v) is 21.0. The van der Waals surface area contributed by atoms with Gasteiger partial charge in [-0.15, -0.1) is 0 Å². The molecule has 3 rings (SSSR count). The molecule has 1 aromatic carbocycles. The molecule has 0 aliphatic carbocycles. The van der Waals surface area contributed by atoms with Gasteiger partial charge in [0.2, 0.25) is 0 Å². The Labute approximate surface area is 214 Å². The number of methoxy groups -OCH3 is 1. The lowest BCUT2D eigenvalue weighted by Gasteiger charge is -2.29. The number of nitrogens with one attached hydrogen (secondary N) is 1. The van der Waals surface area contributed by atoms with E-state index in [2.05, 4.69) is 10.3 Å². The van der Waals surface area contributed by atoms with Gasteiger partial charge in [-0.1, -0.05) is 44.2 Å². The average Bonchev–Trinajstić information content (AvgIpc) is 2.91. The first-order chi connectivity index (χ1) is 17.6. The molecule has 2 aromatic rings. The molecule has 1 aromatic heterocycles. The molecule has 1 aliphatic rings. The molecule has 1 aliphatic heterocycles. The van der Waals surface area contributed by atoms with Crippen molar-refractivity contribution in [2.75, 3.05) is 13.7 Å². The zero-order valence-electron chi connectivity index (χ0n) is 21.0.